The lowest BCUT2D eigenvalue weighted by molar-refractivity contribution is -0.131. The molecule has 0 atom stereocenters. The molecular weight excluding hydrogens is 472 g/mol. The van der Waals surface area contributed by atoms with Crippen molar-refractivity contribution in [2.24, 2.45) is 0 Å². The van der Waals surface area contributed by atoms with E-state index >= 15 is 0 Å². The van der Waals surface area contributed by atoms with E-state index in [-0.39, 0.29) is 23.8 Å². The second-order valence-electron chi connectivity index (χ2n) is 7.65. The van der Waals surface area contributed by atoms with Gasteiger partial charge >= 0.3 is 11.9 Å². The molecular formula is C29H30N2O6. The van der Waals surface area contributed by atoms with Gasteiger partial charge in [-0.05, 0) is 48.9 Å². The zero-order valence-corrected chi connectivity index (χ0v) is 20.9. The molecule has 0 aliphatic carbocycles. The summed E-state index contributed by atoms with van der Waals surface area (Å²) in [6.07, 6.45) is 7.09. The number of terminal acetylenes is 1. The second kappa shape index (κ2) is 15.3. The Morgan fingerprint density at radius 1 is 0.919 bits per heavy atom. The number of para-hydroxylation sites is 2. The van der Waals surface area contributed by atoms with Crippen LogP contribution in [0.1, 0.15) is 47.4 Å². The number of amides is 1. The Kier molecular flexibility index (Phi) is 11.7. The third-order valence-electron chi connectivity index (χ3n) is 4.69. The summed E-state index contributed by atoms with van der Waals surface area (Å²) >= 11 is 0. The maximum atomic E-state index is 12.0. The van der Waals surface area contributed by atoms with Gasteiger partial charge in [0.05, 0.1) is 5.56 Å². The Bertz CT molecular complexity index is 1230. The van der Waals surface area contributed by atoms with Gasteiger partial charge in [0.2, 0.25) is 0 Å². The van der Waals surface area contributed by atoms with E-state index < -0.39 is 11.9 Å². The Labute approximate surface area is 216 Å². The number of carbonyl (C=O) groups excluding carboxylic acids is 3. The van der Waals surface area contributed by atoms with Gasteiger partial charge in [-0.15, -0.1) is 6.42 Å². The third-order valence-corrected chi connectivity index (χ3v) is 4.69. The zero-order valence-electron chi connectivity index (χ0n) is 20.9. The standard InChI is InChI=1S/C15H12O4.C14H18N2O2/c1-11(16)18-14-10-6-5-9-13(14)15(17)19-12-7-3-2-4-8-12;1-3-5-8-16-14(17)12-10-11(15)6-7-13(12)18-9-4-2/h2-10H,1H3;2,6-7,10H,3,5,8-9,15H2,1H3,(H,16,17). The van der Waals surface area contributed by atoms with Crippen molar-refractivity contribution in [3.63, 3.8) is 0 Å². The average molecular weight is 503 g/mol. The van der Waals surface area contributed by atoms with Crippen molar-refractivity contribution in [1.82, 2.24) is 5.32 Å². The van der Waals surface area contributed by atoms with E-state index in [1.165, 1.54) is 6.92 Å². The van der Waals surface area contributed by atoms with E-state index in [2.05, 4.69) is 18.2 Å². The highest BCUT2D eigenvalue weighted by Crippen LogP contribution is 2.22. The number of ether oxygens (including phenoxy) is 3. The van der Waals surface area contributed by atoms with Crippen molar-refractivity contribution in [2.75, 3.05) is 18.9 Å². The number of benzene rings is 3. The van der Waals surface area contributed by atoms with Crippen LogP contribution in [0.25, 0.3) is 0 Å². The predicted octanol–water partition coefficient (Wildman–Crippen LogP) is 4.64. The van der Waals surface area contributed by atoms with Gasteiger partial charge in [-0.25, -0.2) is 4.79 Å². The minimum atomic E-state index is -0.567. The van der Waals surface area contributed by atoms with E-state index in [4.69, 9.17) is 26.4 Å². The molecule has 0 aromatic heterocycles. The number of unbranched alkanes of at least 4 members (excludes halogenated alkanes) is 1. The Hall–Kier alpha value is -4.77. The van der Waals surface area contributed by atoms with Crippen molar-refractivity contribution < 1.29 is 28.6 Å². The third kappa shape index (κ3) is 9.78. The highest BCUT2D eigenvalue weighted by Gasteiger charge is 2.15. The highest BCUT2D eigenvalue weighted by molar-refractivity contribution is 5.97. The molecule has 37 heavy (non-hydrogen) atoms. The Balaban J connectivity index is 0.000000261. The van der Waals surface area contributed by atoms with E-state index in [0.717, 1.165) is 12.8 Å². The molecule has 0 unspecified atom stereocenters. The van der Waals surface area contributed by atoms with Gasteiger partial charge in [0, 0.05) is 19.2 Å². The molecule has 3 aromatic carbocycles. The van der Waals surface area contributed by atoms with Gasteiger partial charge in [-0.3, -0.25) is 9.59 Å². The van der Waals surface area contributed by atoms with Crippen LogP contribution in [0.2, 0.25) is 0 Å². The molecule has 8 heteroatoms. The molecule has 0 bridgehead atoms. The number of nitrogen functional groups attached to an aromatic ring is 1. The number of esters is 2. The van der Waals surface area contributed by atoms with Crippen LogP contribution in [-0.4, -0.2) is 31.0 Å². The largest absolute Gasteiger partial charge is 0.480 e. The van der Waals surface area contributed by atoms with Crippen LogP contribution >= 0.6 is 0 Å². The van der Waals surface area contributed by atoms with Gasteiger partial charge < -0.3 is 25.3 Å². The number of nitrogens with one attached hydrogen (secondary N) is 1. The molecule has 192 valence electrons. The Morgan fingerprint density at radius 3 is 2.30 bits per heavy atom. The maximum absolute atomic E-state index is 12.0. The van der Waals surface area contributed by atoms with E-state index in [9.17, 15) is 14.4 Å². The first-order valence-electron chi connectivity index (χ1n) is 11.6. The predicted molar refractivity (Wildman–Crippen MR) is 142 cm³/mol. The molecule has 3 aromatic rings. The van der Waals surface area contributed by atoms with Crippen LogP contribution in [0.3, 0.4) is 0 Å². The molecule has 0 aliphatic rings. The first-order chi connectivity index (χ1) is 17.8. The molecule has 0 saturated carbocycles. The lowest BCUT2D eigenvalue weighted by atomic mass is 10.1. The average Bonchev–Trinajstić information content (AvgIpc) is 2.89. The fourth-order valence-electron chi connectivity index (χ4n) is 2.97. The van der Waals surface area contributed by atoms with E-state index in [0.29, 0.717) is 29.3 Å². The van der Waals surface area contributed by atoms with Crippen LogP contribution in [-0.2, 0) is 4.79 Å². The first-order valence-corrected chi connectivity index (χ1v) is 11.6. The van der Waals surface area contributed by atoms with Crippen LogP contribution in [0, 0.1) is 12.3 Å². The molecule has 0 fully saturated rings. The molecule has 0 heterocycles. The quantitative estimate of drug-likeness (QED) is 0.144. The fourth-order valence-corrected chi connectivity index (χ4v) is 2.97. The van der Waals surface area contributed by atoms with Crippen molar-refractivity contribution in [2.45, 2.75) is 26.7 Å². The van der Waals surface area contributed by atoms with Gasteiger partial charge in [-0.2, -0.15) is 0 Å². The fraction of sp³-hybridized carbons (Fsp3) is 0.207. The molecule has 3 N–H and O–H groups in total. The normalized spacial score (nSPS) is 9.65. The number of nitrogens with two attached hydrogens (primary N) is 1. The summed E-state index contributed by atoms with van der Waals surface area (Å²) in [6, 6.07) is 20.1. The van der Waals surface area contributed by atoms with Crippen LogP contribution in [0.5, 0.6) is 17.2 Å². The van der Waals surface area contributed by atoms with Crippen LogP contribution in [0.15, 0.2) is 72.8 Å². The summed E-state index contributed by atoms with van der Waals surface area (Å²) in [5.41, 5.74) is 6.82. The van der Waals surface area contributed by atoms with Crippen molar-refractivity contribution in [3.05, 3.63) is 83.9 Å². The molecule has 3 rings (SSSR count). The second-order valence-corrected chi connectivity index (χ2v) is 7.65. The summed E-state index contributed by atoms with van der Waals surface area (Å²) in [6.45, 7) is 4.10. The van der Waals surface area contributed by atoms with Crippen molar-refractivity contribution in [1.29, 1.82) is 0 Å². The van der Waals surface area contributed by atoms with Crippen LogP contribution in [0.4, 0.5) is 5.69 Å². The van der Waals surface area contributed by atoms with Gasteiger partial charge in [0.1, 0.15) is 29.4 Å². The molecule has 1 amide bonds. The molecule has 0 saturated heterocycles. The number of hydrogen-bond donors (Lipinski definition) is 2. The smallest absolute Gasteiger partial charge is 0.347 e. The maximum Gasteiger partial charge on any atom is 0.347 e. The van der Waals surface area contributed by atoms with Crippen molar-refractivity contribution >= 4 is 23.5 Å². The monoisotopic (exact) mass is 502 g/mol. The van der Waals surface area contributed by atoms with Crippen molar-refractivity contribution in [3.8, 4) is 29.6 Å². The SMILES string of the molecule is C#CCOc1ccc(N)cc1C(=O)NCCCC.CC(=O)Oc1ccccc1C(=O)Oc1ccccc1. The lowest BCUT2D eigenvalue weighted by Gasteiger charge is -2.10. The summed E-state index contributed by atoms with van der Waals surface area (Å²) in [7, 11) is 0. The number of carbonyl (C=O) groups is 3. The van der Waals surface area contributed by atoms with Gasteiger partial charge in [0.25, 0.3) is 5.91 Å². The minimum Gasteiger partial charge on any atom is -0.480 e. The lowest BCUT2D eigenvalue weighted by Crippen LogP contribution is -2.25. The van der Waals surface area contributed by atoms with Gasteiger partial charge in [0.15, 0.2) is 0 Å². The summed E-state index contributed by atoms with van der Waals surface area (Å²) in [5, 5.41) is 2.82. The van der Waals surface area contributed by atoms with Gasteiger partial charge in [-0.1, -0.05) is 49.6 Å². The molecule has 0 aliphatic heterocycles. The summed E-state index contributed by atoms with van der Waals surface area (Å²) in [5.74, 6) is 2.20. The van der Waals surface area contributed by atoms with Crippen LogP contribution < -0.4 is 25.3 Å². The Morgan fingerprint density at radius 2 is 1.62 bits per heavy atom. The zero-order chi connectivity index (χ0) is 27.0. The minimum absolute atomic E-state index is 0.124. The number of anilines is 1. The molecule has 8 nitrogen and oxygen atoms in total. The number of rotatable bonds is 9. The van der Waals surface area contributed by atoms with E-state index in [1.54, 1.807) is 66.7 Å². The highest BCUT2D eigenvalue weighted by atomic mass is 16.5. The molecule has 0 radical (unpaired) electrons. The summed E-state index contributed by atoms with van der Waals surface area (Å²) in [4.78, 5) is 34.9. The topological polar surface area (TPSA) is 117 Å². The first kappa shape index (κ1) is 28.5. The van der Waals surface area contributed by atoms with E-state index in [1.807, 2.05) is 6.07 Å². The number of hydrogen-bond acceptors (Lipinski definition) is 7. The molecule has 0 spiro atoms. The summed E-state index contributed by atoms with van der Waals surface area (Å²) < 4.78 is 15.5.